The maximum absolute atomic E-state index is 12.8. The van der Waals surface area contributed by atoms with E-state index in [1.54, 1.807) is 0 Å². The third-order valence-electron chi connectivity index (χ3n) is 13.2. The molecule has 0 aromatic carbocycles. The van der Waals surface area contributed by atoms with Gasteiger partial charge in [-0.2, -0.15) is 0 Å². The number of carbonyl (C=O) groups is 3. The van der Waals surface area contributed by atoms with Crippen LogP contribution in [0.5, 0.6) is 0 Å². The van der Waals surface area contributed by atoms with E-state index in [9.17, 15) is 19.5 Å². The van der Waals surface area contributed by atoms with Crippen molar-refractivity contribution >= 4 is 17.9 Å². The predicted molar refractivity (Wildman–Crippen MR) is 276 cm³/mol. The number of allylic oxidation sites excluding steroid dienone is 2. The van der Waals surface area contributed by atoms with Gasteiger partial charge in [-0.1, -0.05) is 238 Å². The van der Waals surface area contributed by atoms with Crippen LogP contribution in [-0.4, -0.2) is 80.6 Å². The fourth-order valence-corrected chi connectivity index (χ4v) is 8.80. The van der Waals surface area contributed by atoms with E-state index < -0.39 is 18.1 Å². The number of aliphatic carboxylic acids is 1. The summed E-state index contributed by atoms with van der Waals surface area (Å²) in [5.74, 6) is -1.45. The third kappa shape index (κ3) is 46.9. The zero-order valence-corrected chi connectivity index (χ0v) is 44.0. The quantitative estimate of drug-likeness (QED) is 0.0281. The van der Waals surface area contributed by atoms with Crippen molar-refractivity contribution in [2.45, 2.75) is 296 Å². The molecule has 0 bridgehead atoms. The van der Waals surface area contributed by atoms with Crippen molar-refractivity contribution in [2.24, 2.45) is 0 Å². The predicted octanol–water partition coefficient (Wildman–Crippen LogP) is 16.6. The van der Waals surface area contributed by atoms with Gasteiger partial charge in [0.05, 0.1) is 34.4 Å². The Morgan fingerprint density at radius 3 is 1.11 bits per heavy atom. The van der Waals surface area contributed by atoms with Crippen molar-refractivity contribution in [3.05, 3.63) is 12.2 Å². The summed E-state index contributed by atoms with van der Waals surface area (Å²) in [4.78, 5) is 37.2. The summed E-state index contributed by atoms with van der Waals surface area (Å²) in [6, 6.07) is -0.612. The minimum Gasteiger partial charge on any atom is -0.477 e. The van der Waals surface area contributed by atoms with Gasteiger partial charge in [-0.05, 0) is 38.5 Å². The normalized spacial score (nSPS) is 12.8. The van der Waals surface area contributed by atoms with Crippen LogP contribution in [0.3, 0.4) is 0 Å². The lowest BCUT2D eigenvalue weighted by Gasteiger charge is -2.31. The number of nitrogens with zero attached hydrogens (tertiary/aromatic N) is 1. The van der Waals surface area contributed by atoms with Gasteiger partial charge in [0.2, 0.25) is 0 Å². The molecule has 0 aliphatic rings. The Balaban J connectivity index is 4.15. The Hall–Kier alpha value is -1.93. The Labute approximate surface area is 403 Å². The molecule has 0 heterocycles. The Morgan fingerprint density at radius 2 is 0.769 bits per heavy atom. The number of esters is 2. The van der Waals surface area contributed by atoms with E-state index in [1.807, 2.05) is 21.1 Å². The van der Waals surface area contributed by atoms with Crippen molar-refractivity contribution in [1.29, 1.82) is 0 Å². The molecule has 384 valence electrons. The number of likely N-dealkylation sites (N-methyl/N-ethyl adjacent to an activating group) is 1. The molecule has 2 atom stereocenters. The molecule has 8 heteroatoms. The summed E-state index contributed by atoms with van der Waals surface area (Å²) < 4.78 is 17.4. The molecule has 65 heavy (non-hydrogen) atoms. The number of rotatable bonds is 52. The van der Waals surface area contributed by atoms with Crippen molar-refractivity contribution in [3.8, 4) is 0 Å². The second kappa shape index (κ2) is 48.5. The molecule has 0 aromatic heterocycles. The van der Waals surface area contributed by atoms with Crippen LogP contribution in [0.15, 0.2) is 12.2 Å². The molecule has 0 spiro atoms. The highest BCUT2D eigenvalue weighted by Gasteiger charge is 2.31. The first-order chi connectivity index (χ1) is 31.6. The Bertz CT molecular complexity index is 1070. The number of hydrogen-bond donors (Lipinski definition) is 1. The largest absolute Gasteiger partial charge is 0.477 e. The second-order valence-corrected chi connectivity index (χ2v) is 20.6. The highest BCUT2D eigenvalue weighted by Crippen LogP contribution is 2.17. The average molecular weight is 922 g/mol. The van der Waals surface area contributed by atoms with E-state index in [4.69, 9.17) is 14.2 Å². The number of hydrogen-bond acceptors (Lipinski definition) is 6. The molecule has 0 rings (SSSR count). The zero-order valence-electron chi connectivity index (χ0n) is 44.0. The van der Waals surface area contributed by atoms with Crippen LogP contribution in [0.1, 0.15) is 284 Å². The van der Waals surface area contributed by atoms with Crippen molar-refractivity contribution in [2.75, 3.05) is 41.0 Å². The first-order valence-electron chi connectivity index (χ1n) is 28.2. The molecule has 0 aliphatic heterocycles. The maximum Gasteiger partial charge on any atom is 0.362 e. The van der Waals surface area contributed by atoms with Gasteiger partial charge >= 0.3 is 17.9 Å². The molecule has 0 radical (unpaired) electrons. The lowest BCUT2D eigenvalue weighted by Crippen LogP contribution is -2.50. The SMILES string of the molecule is CCCCCCCCCC/C=C/CCCCCCCCCC(=O)OCC(COCCC(C(=O)O)[N+](C)(C)C)OC(=O)CCCCCCCCCCCCCCCCCCCCCCCC. The van der Waals surface area contributed by atoms with E-state index in [0.717, 1.165) is 38.5 Å². The molecule has 0 fully saturated rings. The smallest absolute Gasteiger partial charge is 0.362 e. The zero-order chi connectivity index (χ0) is 47.7. The van der Waals surface area contributed by atoms with E-state index in [2.05, 4.69) is 26.0 Å². The van der Waals surface area contributed by atoms with Crippen LogP contribution in [-0.2, 0) is 28.6 Å². The van der Waals surface area contributed by atoms with Crippen LogP contribution in [0, 0.1) is 0 Å². The molecule has 0 amide bonds. The second-order valence-electron chi connectivity index (χ2n) is 20.6. The summed E-state index contributed by atoms with van der Waals surface area (Å²) in [7, 11) is 5.55. The van der Waals surface area contributed by atoms with E-state index in [0.29, 0.717) is 19.3 Å². The minimum atomic E-state index is -0.870. The van der Waals surface area contributed by atoms with E-state index in [-0.39, 0.29) is 36.2 Å². The fraction of sp³-hybridized carbons (Fsp3) is 0.912. The average Bonchev–Trinajstić information content (AvgIpc) is 3.27. The Kier molecular flexibility index (Phi) is 47.1. The molecular weight excluding hydrogens is 811 g/mol. The standard InChI is InChI=1S/C57H109NO7/c1-6-8-10-12-14-16-18-20-22-24-26-27-28-30-32-34-36-38-40-42-44-46-48-56(60)65-53(51-63-50-49-54(57(61)62)58(3,4)5)52-64-55(59)47-45-43-41-39-37-35-33-31-29-25-23-21-19-17-15-13-11-9-7-2/h25,29,53-54H,6-24,26-28,30-52H2,1-5H3/p+1/b29-25+. The molecule has 0 aromatic rings. The first kappa shape index (κ1) is 63.1. The third-order valence-corrected chi connectivity index (χ3v) is 13.2. The van der Waals surface area contributed by atoms with Gasteiger partial charge < -0.3 is 23.8 Å². The first-order valence-corrected chi connectivity index (χ1v) is 28.2. The van der Waals surface area contributed by atoms with Crippen molar-refractivity contribution < 1.29 is 38.2 Å². The van der Waals surface area contributed by atoms with Gasteiger partial charge in [-0.25, -0.2) is 4.79 Å². The number of unbranched alkanes of at least 4 members (excludes halogenated alkanes) is 36. The van der Waals surface area contributed by atoms with Crippen molar-refractivity contribution in [3.63, 3.8) is 0 Å². The summed E-state index contributed by atoms with van der Waals surface area (Å²) in [5, 5.41) is 9.67. The van der Waals surface area contributed by atoms with Crippen molar-refractivity contribution in [1.82, 2.24) is 0 Å². The number of carboxylic acids is 1. The maximum atomic E-state index is 12.8. The van der Waals surface area contributed by atoms with Crippen LogP contribution in [0.25, 0.3) is 0 Å². The van der Waals surface area contributed by atoms with E-state index >= 15 is 0 Å². The van der Waals surface area contributed by atoms with Gasteiger partial charge in [-0.15, -0.1) is 0 Å². The molecular formula is C57H110NO7+. The number of carboxylic acid groups (broad SMARTS) is 1. The summed E-state index contributed by atoms with van der Waals surface area (Å²) in [6.45, 7) is 4.79. The van der Waals surface area contributed by atoms with Gasteiger partial charge in [0.15, 0.2) is 12.1 Å². The number of quaternary nitrogens is 1. The van der Waals surface area contributed by atoms with Gasteiger partial charge in [0.25, 0.3) is 0 Å². The molecule has 0 saturated carbocycles. The molecule has 0 saturated heterocycles. The van der Waals surface area contributed by atoms with Crippen LogP contribution < -0.4 is 0 Å². The van der Waals surface area contributed by atoms with Crippen LogP contribution >= 0.6 is 0 Å². The van der Waals surface area contributed by atoms with Gasteiger partial charge in [-0.3, -0.25) is 9.59 Å². The molecule has 2 unspecified atom stereocenters. The van der Waals surface area contributed by atoms with E-state index in [1.165, 1.54) is 212 Å². The molecule has 8 nitrogen and oxygen atoms in total. The van der Waals surface area contributed by atoms with Crippen LogP contribution in [0.2, 0.25) is 0 Å². The summed E-state index contributed by atoms with van der Waals surface area (Å²) in [6.07, 6.45) is 55.6. The topological polar surface area (TPSA) is 99.1 Å². The highest BCUT2D eigenvalue weighted by atomic mass is 16.6. The molecule has 1 N–H and O–H groups in total. The summed E-state index contributed by atoms with van der Waals surface area (Å²) in [5.41, 5.74) is 0. The monoisotopic (exact) mass is 921 g/mol. The molecule has 0 aliphatic carbocycles. The number of carbonyl (C=O) groups excluding carboxylic acids is 2. The van der Waals surface area contributed by atoms with Gasteiger partial charge in [0, 0.05) is 19.3 Å². The fourth-order valence-electron chi connectivity index (χ4n) is 8.80. The Morgan fingerprint density at radius 1 is 0.446 bits per heavy atom. The van der Waals surface area contributed by atoms with Crippen LogP contribution in [0.4, 0.5) is 0 Å². The number of ether oxygens (including phenoxy) is 3. The van der Waals surface area contributed by atoms with Gasteiger partial charge in [0.1, 0.15) is 6.61 Å². The highest BCUT2D eigenvalue weighted by molar-refractivity contribution is 5.72. The summed E-state index contributed by atoms with van der Waals surface area (Å²) >= 11 is 0. The lowest BCUT2D eigenvalue weighted by molar-refractivity contribution is -0.887. The minimum absolute atomic E-state index is 0.0464. The lowest BCUT2D eigenvalue weighted by atomic mass is 10.0.